The Morgan fingerprint density at radius 1 is 1.54 bits per heavy atom. The molecule has 0 atom stereocenters. The van der Waals surface area contributed by atoms with E-state index >= 15 is 0 Å². The van der Waals surface area contributed by atoms with E-state index < -0.39 is 4.92 Å². The van der Waals surface area contributed by atoms with Gasteiger partial charge in [-0.3, -0.25) is 15.2 Å². The van der Waals surface area contributed by atoms with Crippen molar-refractivity contribution in [1.82, 2.24) is 20.2 Å². The van der Waals surface area contributed by atoms with Gasteiger partial charge in [-0.1, -0.05) is 0 Å². The van der Waals surface area contributed by atoms with Crippen LogP contribution in [0.3, 0.4) is 0 Å². The number of nitrogens with one attached hydrogen (secondary N) is 2. The molecule has 0 amide bonds. The second-order valence-corrected chi connectivity index (χ2v) is 2.33. The normalized spacial score (nSPS) is 10.2. The van der Waals surface area contributed by atoms with Gasteiger partial charge in [0.05, 0.1) is 4.92 Å². The molecule has 0 aliphatic rings. The summed E-state index contributed by atoms with van der Waals surface area (Å²) in [7, 11) is 0. The van der Waals surface area contributed by atoms with Crippen molar-refractivity contribution in [3.8, 4) is 11.5 Å². The van der Waals surface area contributed by atoms with Crippen LogP contribution < -0.4 is 0 Å². The van der Waals surface area contributed by atoms with Crippen LogP contribution in [0, 0.1) is 10.1 Å². The van der Waals surface area contributed by atoms with E-state index in [9.17, 15) is 10.1 Å². The number of hydrogen-bond acceptors (Lipinski definition) is 4. The fourth-order valence-electron chi connectivity index (χ4n) is 0.994. The van der Waals surface area contributed by atoms with E-state index in [0.717, 1.165) is 6.20 Å². The number of aromatic nitrogens is 4. The largest absolute Gasteiger partial charge is 0.343 e. The summed E-state index contributed by atoms with van der Waals surface area (Å²) < 4.78 is 0. The van der Waals surface area contributed by atoms with Crippen LogP contribution >= 0.6 is 0 Å². The molecule has 0 saturated heterocycles. The Morgan fingerprint density at radius 3 is 3.00 bits per heavy atom. The van der Waals surface area contributed by atoms with Crippen LogP contribution in [0.15, 0.2) is 18.6 Å². The summed E-state index contributed by atoms with van der Waals surface area (Å²) in [6, 6.07) is 0. The summed E-state index contributed by atoms with van der Waals surface area (Å²) in [6.07, 6.45) is 4.25. The molecular weight excluding hydrogens is 174 g/mol. The lowest BCUT2D eigenvalue weighted by Crippen LogP contribution is -1.90. The van der Waals surface area contributed by atoms with Crippen molar-refractivity contribution >= 4 is 5.69 Å². The van der Waals surface area contributed by atoms with Gasteiger partial charge >= 0.3 is 5.69 Å². The molecule has 0 aliphatic heterocycles. The maximum atomic E-state index is 10.5. The predicted octanol–water partition coefficient (Wildman–Crippen LogP) is 0.708. The van der Waals surface area contributed by atoms with Crippen molar-refractivity contribution in [3.63, 3.8) is 0 Å². The fraction of sp³-hybridized carbons (Fsp3) is 0. The van der Waals surface area contributed by atoms with Gasteiger partial charge in [0.25, 0.3) is 0 Å². The number of nitrogens with zero attached hydrogens (tertiary/aromatic N) is 3. The first-order valence-electron chi connectivity index (χ1n) is 3.46. The van der Waals surface area contributed by atoms with Crippen LogP contribution in [0.2, 0.25) is 0 Å². The molecule has 7 heteroatoms. The molecule has 0 unspecified atom stereocenters. The minimum atomic E-state index is -0.513. The number of imidazole rings is 1. The van der Waals surface area contributed by atoms with Gasteiger partial charge in [0.15, 0.2) is 11.5 Å². The van der Waals surface area contributed by atoms with Gasteiger partial charge < -0.3 is 4.98 Å². The van der Waals surface area contributed by atoms with Crippen LogP contribution in [-0.2, 0) is 0 Å². The van der Waals surface area contributed by atoms with E-state index in [1.165, 1.54) is 6.20 Å². The lowest BCUT2D eigenvalue weighted by atomic mass is 10.3. The van der Waals surface area contributed by atoms with Crippen LogP contribution in [0.4, 0.5) is 5.69 Å². The van der Waals surface area contributed by atoms with Gasteiger partial charge in [0.1, 0.15) is 6.20 Å². The average Bonchev–Trinajstić information content (AvgIpc) is 2.74. The third-order valence-electron chi connectivity index (χ3n) is 1.55. The molecule has 0 aliphatic carbocycles. The van der Waals surface area contributed by atoms with E-state index in [0.29, 0.717) is 5.82 Å². The molecule has 2 N–H and O–H groups in total. The summed E-state index contributed by atoms with van der Waals surface area (Å²) in [6.45, 7) is 0. The van der Waals surface area contributed by atoms with E-state index in [1.54, 1.807) is 6.20 Å². The van der Waals surface area contributed by atoms with Crippen molar-refractivity contribution in [2.75, 3.05) is 0 Å². The third-order valence-corrected chi connectivity index (χ3v) is 1.55. The molecule has 2 rings (SSSR count). The van der Waals surface area contributed by atoms with Crippen molar-refractivity contribution in [2.24, 2.45) is 0 Å². The SMILES string of the molecule is O=[N+]([O-])c1cn[nH]c1-c1ncc[nH]1. The van der Waals surface area contributed by atoms with Gasteiger partial charge in [0, 0.05) is 12.4 Å². The standard InChI is InChI=1S/C6H5N5O2/c12-11(13)4-3-9-10-5(4)6-7-1-2-8-6/h1-3H,(H,7,8)(H,9,10). The molecular formula is C6H5N5O2. The maximum absolute atomic E-state index is 10.5. The summed E-state index contributed by atoms with van der Waals surface area (Å²) in [5.74, 6) is 0.407. The Bertz CT molecular complexity index is 418. The quantitative estimate of drug-likeness (QED) is 0.523. The molecule has 2 aromatic rings. The zero-order valence-electron chi connectivity index (χ0n) is 6.39. The molecule has 13 heavy (non-hydrogen) atoms. The molecule has 7 nitrogen and oxygen atoms in total. The third kappa shape index (κ3) is 1.15. The van der Waals surface area contributed by atoms with Crippen molar-refractivity contribution < 1.29 is 4.92 Å². The van der Waals surface area contributed by atoms with E-state index in [2.05, 4.69) is 20.2 Å². The Balaban J connectivity index is 2.52. The summed E-state index contributed by atoms with van der Waals surface area (Å²) in [5.41, 5.74) is 0.199. The highest BCUT2D eigenvalue weighted by Gasteiger charge is 2.18. The Labute approximate surface area is 72.0 Å². The number of H-pyrrole nitrogens is 2. The molecule has 0 radical (unpaired) electrons. The second kappa shape index (κ2) is 2.70. The molecule has 0 aromatic carbocycles. The van der Waals surface area contributed by atoms with Gasteiger partial charge in [-0.05, 0) is 0 Å². The first kappa shape index (κ1) is 7.47. The average molecular weight is 179 g/mol. The molecule has 0 bridgehead atoms. The van der Waals surface area contributed by atoms with Gasteiger partial charge in [-0.15, -0.1) is 0 Å². The van der Waals surface area contributed by atoms with Crippen LogP contribution in [-0.4, -0.2) is 25.1 Å². The first-order valence-corrected chi connectivity index (χ1v) is 3.46. The van der Waals surface area contributed by atoms with E-state index in [-0.39, 0.29) is 11.4 Å². The van der Waals surface area contributed by atoms with Crippen LogP contribution in [0.1, 0.15) is 0 Å². The van der Waals surface area contributed by atoms with Crippen molar-refractivity contribution in [1.29, 1.82) is 0 Å². The summed E-state index contributed by atoms with van der Waals surface area (Å²) in [5, 5.41) is 16.6. The maximum Gasteiger partial charge on any atom is 0.317 e. The monoisotopic (exact) mass is 179 g/mol. The Kier molecular flexibility index (Phi) is 1.55. The Hall–Kier alpha value is -2.18. The minimum absolute atomic E-state index is 0.0880. The predicted molar refractivity (Wildman–Crippen MR) is 42.8 cm³/mol. The highest BCUT2D eigenvalue weighted by molar-refractivity contribution is 5.61. The second-order valence-electron chi connectivity index (χ2n) is 2.33. The first-order chi connectivity index (χ1) is 6.29. The van der Waals surface area contributed by atoms with Gasteiger partial charge in [-0.25, -0.2) is 4.98 Å². The lowest BCUT2D eigenvalue weighted by molar-refractivity contribution is -0.384. The molecule has 0 fully saturated rings. The molecule has 66 valence electrons. The zero-order valence-corrected chi connectivity index (χ0v) is 6.39. The van der Waals surface area contributed by atoms with Crippen molar-refractivity contribution in [3.05, 3.63) is 28.7 Å². The number of nitro groups is 1. The molecule has 2 heterocycles. The van der Waals surface area contributed by atoms with Crippen LogP contribution in [0.25, 0.3) is 11.5 Å². The Morgan fingerprint density at radius 2 is 2.38 bits per heavy atom. The lowest BCUT2D eigenvalue weighted by Gasteiger charge is -1.89. The van der Waals surface area contributed by atoms with Gasteiger partial charge in [-0.2, -0.15) is 5.10 Å². The van der Waals surface area contributed by atoms with E-state index in [4.69, 9.17) is 0 Å². The van der Waals surface area contributed by atoms with Crippen LogP contribution in [0.5, 0.6) is 0 Å². The smallest absolute Gasteiger partial charge is 0.317 e. The van der Waals surface area contributed by atoms with E-state index in [1.807, 2.05) is 0 Å². The molecule has 0 spiro atoms. The summed E-state index contributed by atoms with van der Waals surface area (Å²) >= 11 is 0. The fourth-order valence-corrected chi connectivity index (χ4v) is 0.994. The minimum Gasteiger partial charge on any atom is -0.343 e. The topological polar surface area (TPSA) is 100 Å². The number of aromatic amines is 2. The highest BCUT2D eigenvalue weighted by Crippen LogP contribution is 2.23. The number of hydrogen-bond donors (Lipinski definition) is 2. The highest BCUT2D eigenvalue weighted by atomic mass is 16.6. The number of rotatable bonds is 2. The van der Waals surface area contributed by atoms with Gasteiger partial charge in [0.2, 0.25) is 0 Å². The zero-order chi connectivity index (χ0) is 9.26. The molecule has 2 aromatic heterocycles. The summed E-state index contributed by atoms with van der Waals surface area (Å²) in [4.78, 5) is 16.6. The van der Waals surface area contributed by atoms with Crippen molar-refractivity contribution in [2.45, 2.75) is 0 Å². The molecule has 0 saturated carbocycles.